The number of nitrogens with one attached hydrogen (secondary N) is 1. The first-order valence-corrected chi connectivity index (χ1v) is 8.24. The summed E-state index contributed by atoms with van der Waals surface area (Å²) in [4.78, 5) is 14.1. The van der Waals surface area contributed by atoms with Crippen LogP contribution in [0.1, 0.15) is 46.5 Å². The third-order valence-corrected chi connectivity index (χ3v) is 3.75. The lowest BCUT2D eigenvalue weighted by Crippen LogP contribution is -2.30. The summed E-state index contributed by atoms with van der Waals surface area (Å²) in [5.74, 6) is 0.685. The second-order valence-electron chi connectivity index (χ2n) is 5.72. The Balaban J connectivity index is 2.22. The second kappa shape index (κ2) is 10.3. The van der Waals surface area contributed by atoms with Crippen molar-refractivity contribution in [2.24, 2.45) is 5.92 Å². The molecular formula is C18H30N2O. The van der Waals surface area contributed by atoms with Gasteiger partial charge in [0.05, 0.1) is 0 Å². The van der Waals surface area contributed by atoms with E-state index in [1.54, 1.807) is 0 Å². The zero-order valence-corrected chi connectivity index (χ0v) is 13.8. The van der Waals surface area contributed by atoms with Crippen molar-refractivity contribution < 1.29 is 4.79 Å². The third-order valence-electron chi connectivity index (χ3n) is 3.75. The van der Waals surface area contributed by atoms with Gasteiger partial charge in [0.25, 0.3) is 0 Å². The van der Waals surface area contributed by atoms with Gasteiger partial charge in [-0.1, -0.05) is 44.9 Å². The molecule has 0 aliphatic carbocycles. The quantitative estimate of drug-likeness (QED) is 0.664. The monoisotopic (exact) mass is 290 g/mol. The van der Waals surface area contributed by atoms with E-state index < -0.39 is 0 Å². The highest BCUT2D eigenvalue weighted by Gasteiger charge is 2.08. The molecule has 0 radical (unpaired) electrons. The number of hydrogen-bond donors (Lipinski definition) is 1. The molecular weight excluding hydrogens is 260 g/mol. The number of hydrogen-bond acceptors (Lipinski definition) is 2. The molecule has 0 aliphatic heterocycles. The zero-order chi connectivity index (χ0) is 15.5. The summed E-state index contributed by atoms with van der Waals surface area (Å²) in [6.07, 6.45) is 3.92. The van der Waals surface area contributed by atoms with Crippen LogP contribution in [0.3, 0.4) is 0 Å². The molecule has 1 unspecified atom stereocenters. The lowest BCUT2D eigenvalue weighted by atomic mass is 10.0. The minimum atomic E-state index is 0.193. The Morgan fingerprint density at radius 1 is 1.24 bits per heavy atom. The topological polar surface area (TPSA) is 32.3 Å². The van der Waals surface area contributed by atoms with Gasteiger partial charge >= 0.3 is 0 Å². The highest BCUT2D eigenvalue weighted by Crippen LogP contribution is 2.13. The smallest absolute Gasteiger partial charge is 0.220 e. The van der Waals surface area contributed by atoms with E-state index in [2.05, 4.69) is 55.3 Å². The first kappa shape index (κ1) is 17.5. The molecule has 0 spiro atoms. The van der Waals surface area contributed by atoms with Crippen LogP contribution in [0.2, 0.25) is 0 Å². The van der Waals surface area contributed by atoms with E-state index in [1.165, 1.54) is 5.69 Å². The molecule has 1 aromatic rings. The Morgan fingerprint density at radius 3 is 2.57 bits per heavy atom. The van der Waals surface area contributed by atoms with Gasteiger partial charge < -0.3 is 10.2 Å². The summed E-state index contributed by atoms with van der Waals surface area (Å²) < 4.78 is 0. The van der Waals surface area contributed by atoms with Gasteiger partial charge in [-0.2, -0.15) is 0 Å². The molecule has 1 N–H and O–H groups in total. The number of carbonyl (C=O) groups is 1. The van der Waals surface area contributed by atoms with E-state index in [0.717, 1.165) is 38.9 Å². The van der Waals surface area contributed by atoms with Gasteiger partial charge in [-0.05, 0) is 31.4 Å². The van der Waals surface area contributed by atoms with Gasteiger partial charge in [0.2, 0.25) is 5.91 Å². The number of carbonyl (C=O) groups excluding carboxylic acids is 1. The fourth-order valence-electron chi connectivity index (χ4n) is 2.59. The van der Waals surface area contributed by atoms with Crippen molar-refractivity contribution in [3.05, 3.63) is 30.3 Å². The Hall–Kier alpha value is -1.51. The Labute approximate surface area is 129 Å². The Bertz CT molecular complexity index is 391. The average Bonchev–Trinajstić information content (AvgIpc) is 2.48. The van der Waals surface area contributed by atoms with Crippen LogP contribution in [0.25, 0.3) is 0 Å². The summed E-state index contributed by atoms with van der Waals surface area (Å²) in [6, 6.07) is 10.4. The predicted octanol–water partition coefficient (Wildman–Crippen LogP) is 3.85. The number of anilines is 1. The van der Waals surface area contributed by atoms with Crippen molar-refractivity contribution in [1.29, 1.82) is 0 Å². The van der Waals surface area contributed by atoms with Crippen LogP contribution in [0.15, 0.2) is 30.3 Å². The van der Waals surface area contributed by atoms with E-state index in [1.807, 2.05) is 6.07 Å². The molecule has 0 heterocycles. The van der Waals surface area contributed by atoms with E-state index in [-0.39, 0.29) is 5.91 Å². The van der Waals surface area contributed by atoms with Crippen LogP contribution in [-0.4, -0.2) is 25.5 Å². The SMILES string of the molecule is CCCC(C)CC(=O)NCCCN(CC)c1ccccc1. The first-order valence-electron chi connectivity index (χ1n) is 8.24. The van der Waals surface area contributed by atoms with Crippen molar-refractivity contribution in [2.45, 2.75) is 46.5 Å². The summed E-state index contributed by atoms with van der Waals surface area (Å²) in [5.41, 5.74) is 1.25. The van der Waals surface area contributed by atoms with Crippen LogP contribution in [0.5, 0.6) is 0 Å². The summed E-state index contributed by atoms with van der Waals surface area (Å²) in [5, 5.41) is 3.04. The lowest BCUT2D eigenvalue weighted by molar-refractivity contribution is -0.121. The largest absolute Gasteiger partial charge is 0.372 e. The number of rotatable bonds is 10. The van der Waals surface area contributed by atoms with Crippen LogP contribution in [0, 0.1) is 5.92 Å². The zero-order valence-electron chi connectivity index (χ0n) is 13.8. The van der Waals surface area contributed by atoms with Gasteiger partial charge in [-0.15, -0.1) is 0 Å². The highest BCUT2D eigenvalue weighted by molar-refractivity contribution is 5.76. The first-order chi connectivity index (χ1) is 10.2. The van der Waals surface area contributed by atoms with Crippen molar-refractivity contribution in [3.63, 3.8) is 0 Å². The van der Waals surface area contributed by atoms with Crippen molar-refractivity contribution in [1.82, 2.24) is 5.32 Å². The van der Waals surface area contributed by atoms with E-state index in [0.29, 0.717) is 12.3 Å². The van der Waals surface area contributed by atoms with Crippen LogP contribution >= 0.6 is 0 Å². The van der Waals surface area contributed by atoms with Crippen LogP contribution in [-0.2, 0) is 4.79 Å². The molecule has 0 bridgehead atoms. The van der Waals surface area contributed by atoms with Crippen LogP contribution < -0.4 is 10.2 Å². The molecule has 0 aromatic heterocycles. The lowest BCUT2D eigenvalue weighted by Gasteiger charge is -2.23. The maximum absolute atomic E-state index is 11.8. The minimum absolute atomic E-state index is 0.193. The van der Waals surface area contributed by atoms with E-state index in [9.17, 15) is 4.79 Å². The molecule has 118 valence electrons. The molecule has 0 saturated carbocycles. The van der Waals surface area contributed by atoms with Gasteiger partial charge in [-0.3, -0.25) is 4.79 Å². The molecule has 0 aliphatic rings. The van der Waals surface area contributed by atoms with Crippen molar-refractivity contribution in [3.8, 4) is 0 Å². The highest BCUT2D eigenvalue weighted by atomic mass is 16.1. The second-order valence-corrected chi connectivity index (χ2v) is 5.72. The molecule has 1 rings (SSSR count). The molecule has 21 heavy (non-hydrogen) atoms. The van der Waals surface area contributed by atoms with Gasteiger partial charge in [0.15, 0.2) is 0 Å². The summed E-state index contributed by atoms with van der Waals surface area (Å²) in [7, 11) is 0. The van der Waals surface area contributed by atoms with Gasteiger partial charge in [0, 0.05) is 31.7 Å². The van der Waals surface area contributed by atoms with Gasteiger partial charge in [-0.25, -0.2) is 0 Å². The minimum Gasteiger partial charge on any atom is -0.372 e. The van der Waals surface area contributed by atoms with Crippen molar-refractivity contribution in [2.75, 3.05) is 24.5 Å². The molecule has 1 atom stereocenters. The van der Waals surface area contributed by atoms with Crippen molar-refractivity contribution >= 4 is 11.6 Å². The maximum Gasteiger partial charge on any atom is 0.220 e. The normalized spacial score (nSPS) is 12.0. The van der Waals surface area contributed by atoms with E-state index >= 15 is 0 Å². The molecule has 0 fully saturated rings. The van der Waals surface area contributed by atoms with Gasteiger partial charge in [0.1, 0.15) is 0 Å². The van der Waals surface area contributed by atoms with Crippen LogP contribution in [0.4, 0.5) is 5.69 Å². The number of nitrogens with zero attached hydrogens (tertiary/aromatic N) is 1. The third kappa shape index (κ3) is 7.16. The average molecular weight is 290 g/mol. The number of benzene rings is 1. The molecule has 3 nitrogen and oxygen atoms in total. The fourth-order valence-corrected chi connectivity index (χ4v) is 2.59. The molecule has 0 saturated heterocycles. The predicted molar refractivity (Wildman–Crippen MR) is 90.6 cm³/mol. The fraction of sp³-hybridized carbons (Fsp3) is 0.611. The molecule has 3 heteroatoms. The van der Waals surface area contributed by atoms with E-state index in [4.69, 9.17) is 0 Å². The molecule has 1 aromatic carbocycles. The maximum atomic E-state index is 11.8. The number of para-hydroxylation sites is 1. The Morgan fingerprint density at radius 2 is 1.95 bits per heavy atom. The summed E-state index contributed by atoms with van der Waals surface area (Å²) >= 11 is 0. The Kier molecular flexibility index (Phi) is 8.56. The number of amides is 1. The molecule has 1 amide bonds. The standard InChI is InChI=1S/C18H30N2O/c1-4-10-16(3)15-18(21)19-13-9-14-20(5-2)17-11-7-6-8-12-17/h6-8,11-12,16H,4-5,9-10,13-15H2,1-3H3,(H,19,21). The summed E-state index contributed by atoms with van der Waals surface area (Å²) in [6.45, 7) is 9.21.